The summed E-state index contributed by atoms with van der Waals surface area (Å²) in [5.74, 6) is -1.02. The van der Waals surface area contributed by atoms with Gasteiger partial charge in [0.1, 0.15) is 12.4 Å². The van der Waals surface area contributed by atoms with Crippen molar-refractivity contribution in [3.8, 4) is 0 Å². The number of hydrogen-bond donors (Lipinski definition) is 1. The maximum atomic E-state index is 13.4. The summed E-state index contributed by atoms with van der Waals surface area (Å²) in [7, 11) is -3.71. The highest BCUT2D eigenvalue weighted by Crippen LogP contribution is 2.18. The summed E-state index contributed by atoms with van der Waals surface area (Å²) in [5.41, 5.74) is 2.10. The largest absolute Gasteiger partial charge is 0.354 e. The molecule has 1 heterocycles. The van der Waals surface area contributed by atoms with E-state index in [1.54, 1.807) is 0 Å². The van der Waals surface area contributed by atoms with Gasteiger partial charge >= 0.3 is 0 Å². The van der Waals surface area contributed by atoms with E-state index < -0.39 is 28.3 Å². The normalized spacial score (nSPS) is 11.4. The Balaban J connectivity index is 1.90. The predicted octanol–water partition coefficient (Wildman–Crippen LogP) is 1.61. The van der Waals surface area contributed by atoms with Crippen molar-refractivity contribution >= 4 is 21.6 Å². The van der Waals surface area contributed by atoms with Crippen LogP contribution in [0.1, 0.15) is 17.8 Å². The molecule has 9 heteroatoms. The third kappa shape index (κ3) is 5.55. The molecular weight excluding hydrogens is 359 g/mol. The Morgan fingerprint density at radius 1 is 1.31 bits per heavy atom. The van der Waals surface area contributed by atoms with Gasteiger partial charge in [0.2, 0.25) is 15.9 Å². The van der Waals surface area contributed by atoms with Gasteiger partial charge in [-0.15, -0.1) is 0 Å². The van der Waals surface area contributed by atoms with Crippen molar-refractivity contribution in [3.05, 3.63) is 47.5 Å². The van der Waals surface area contributed by atoms with Crippen LogP contribution >= 0.6 is 0 Å². The Morgan fingerprint density at radius 3 is 2.62 bits per heavy atom. The van der Waals surface area contributed by atoms with Crippen molar-refractivity contribution in [1.82, 2.24) is 15.1 Å². The van der Waals surface area contributed by atoms with Gasteiger partial charge in [-0.25, -0.2) is 12.8 Å². The average molecular weight is 382 g/mol. The van der Waals surface area contributed by atoms with Gasteiger partial charge in [-0.1, -0.05) is 6.07 Å². The van der Waals surface area contributed by atoms with E-state index in [0.29, 0.717) is 19.5 Å². The second-order valence-electron chi connectivity index (χ2n) is 6.10. The van der Waals surface area contributed by atoms with E-state index in [-0.39, 0.29) is 5.69 Å². The lowest BCUT2D eigenvalue weighted by Gasteiger charge is -2.21. The number of benzene rings is 1. The Labute approximate surface area is 152 Å². The maximum absolute atomic E-state index is 13.4. The minimum atomic E-state index is -3.71. The van der Waals surface area contributed by atoms with Crippen LogP contribution in [0, 0.1) is 19.7 Å². The summed E-state index contributed by atoms with van der Waals surface area (Å²) in [6.45, 7) is 4.51. The van der Waals surface area contributed by atoms with Gasteiger partial charge in [-0.2, -0.15) is 5.10 Å². The number of aryl methyl sites for hydroxylation is 3. The number of halogens is 1. The van der Waals surface area contributed by atoms with Gasteiger partial charge in [0, 0.05) is 18.8 Å². The number of hydrogen-bond acceptors (Lipinski definition) is 4. The lowest BCUT2D eigenvalue weighted by Crippen LogP contribution is -2.40. The van der Waals surface area contributed by atoms with Crippen LogP contribution in [0.3, 0.4) is 0 Å². The van der Waals surface area contributed by atoms with Crippen LogP contribution in [0.4, 0.5) is 10.1 Å². The topological polar surface area (TPSA) is 84.3 Å². The molecule has 142 valence electrons. The molecule has 0 saturated carbocycles. The molecule has 2 rings (SSSR count). The molecule has 26 heavy (non-hydrogen) atoms. The van der Waals surface area contributed by atoms with E-state index in [4.69, 9.17) is 0 Å². The number of anilines is 1. The second-order valence-corrected chi connectivity index (χ2v) is 8.01. The zero-order chi connectivity index (χ0) is 19.3. The second kappa shape index (κ2) is 8.31. The van der Waals surface area contributed by atoms with Crippen LogP contribution in [0.15, 0.2) is 30.3 Å². The van der Waals surface area contributed by atoms with Gasteiger partial charge in [0.05, 0.1) is 17.6 Å². The first kappa shape index (κ1) is 19.9. The molecule has 0 bridgehead atoms. The highest BCUT2D eigenvalue weighted by Gasteiger charge is 2.21. The zero-order valence-corrected chi connectivity index (χ0v) is 15.9. The minimum absolute atomic E-state index is 0.116. The molecule has 0 atom stereocenters. The zero-order valence-electron chi connectivity index (χ0n) is 15.1. The number of sulfonamides is 1. The maximum Gasteiger partial charge on any atom is 0.240 e. The smallest absolute Gasteiger partial charge is 0.240 e. The molecular formula is C17H23FN4O3S. The molecule has 0 aliphatic heterocycles. The van der Waals surface area contributed by atoms with Gasteiger partial charge in [-0.3, -0.25) is 13.8 Å². The molecule has 1 aromatic carbocycles. The lowest BCUT2D eigenvalue weighted by molar-refractivity contribution is -0.119. The summed E-state index contributed by atoms with van der Waals surface area (Å²) >= 11 is 0. The fraction of sp³-hybridized carbons (Fsp3) is 0.412. The van der Waals surface area contributed by atoms with Crippen LogP contribution in [-0.4, -0.2) is 43.5 Å². The van der Waals surface area contributed by atoms with Crippen molar-refractivity contribution in [2.45, 2.75) is 26.8 Å². The summed E-state index contributed by atoms with van der Waals surface area (Å²) in [6.07, 6.45) is 1.64. The SMILES string of the molecule is Cc1cc(C)n(CCCNC(=O)CN(c2cccc(F)c2)S(C)(=O)=O)n1. The van der Waals surface area contributed by atoms with Crippen molar-refractivity contribution in [2.24, 2.45) is 0 Å². The molecule has 1 aromatic heterocycles. The summed E-state index contributed by atoms with van der Waals surface area (Å²) < 4.78 is 40.0. The van der Waals surface area contributed by atoms with Crippen LogP contribution in [0.5, 0.6) is 0 Å². The molecule has 0 fully saturated rings. The Bertz CT molecular complexity index is 880. The molecule has 2 aromatic rings. The number of nitrogens with zero attached hydrogens (tertiary/aromatic N) is 3. The Hall–Kier alpha value is -2.42. The molecule has 1 N–H and O–H groups in total. The summed E-state index contributed by atoms with van der Waals surface area (Å²) in [6, 6.07) is 7.11. The van der Waals surface area contributed by atoms with Crippen molar-refractivity contribution in [3.63, 3.8) is 0 Å². The Morgan fingerprint density at radius 2 is 2.04 bits per heavy atom. The lowest BCUT2D eigenvalue weighted by atomic mass is 10.3. The molecule has 7 nitrogen and oxygen atoms in total. The molecule has 0 unspecified atom stereocenters. The third-order valence-corrected chi connectivity index (χ3v) is 4.90. The number of nitrogens with one attached hydrogen (secondary N) is 1. The van der Waals surface area contributed by atoms with E-state index in [2.05, 4.69) is 10.4 Å². The number of rotatable bonds is 8. The van der Waals surface area contributed by atoms with Gasteiger partial charge in [-0.05, 0) is 44.5 Å². The van der Waals surface area contributed by atoms with E-state index in [1.165, 1.54) is 18.2 Å². The molecule has 0 aliphatic carbocycles. The van der Waals surface area contributed by atoms with Gasteiger partial charge in [0.25, 0.3) is 0 Å². The first-order chi connectivity index (χ1) is 12.2. The highest BCUT2D eigenvalue weighted by atomic mass is 32.2. The fourth-order valence-corrected chi connectivity index (χ4v) is 3.42. The van der Waals surface area contributed by atoms with Crippen LogP contribution in [0.2, 0.25) is 0 Å². The third-order valence-electron chi connectivity index (χ3n) is 3.76. The molecule has 1 amide bonds. The van der Waals surface area contributed by atoms with Gasteiger partial charge in [0.15, 0.2) is 0 Å². The minimum Gasteiger partial charge on any atom is -0.354 e. The van der Waals surface area contributed by atoms with Crippen LogP contribution in [0.25, 0.3) is 0 Å². The standard InChI is InChI=1S/C17H23FN4O3S/c1-13-10-14(2)21(20-13)9-5-8-19-17(23)12-22(26(3,24)25)16-7-4-6-15(18)11-16/h4,6-7,10-11H,5,8-9,12H2,1-3H3,(H,19,23). The fourth-order valence-electron chi connectivity index (χ4n) is 2.58. The molecule has 0 radical (unpaired) electrons. The van der Waals surface area contributed by atoms with Crippen molar-refractivity contribution < 1.29 is 17.6 Å². The number of amides is 1. The molecule has 0 saturated heterocycles. The quantitative estimate of drug-likeness (QED) is 0.703. The van der Waals surface area contributed by atoms with Crippen LogP contribution in [-0.2, 0) is 21.4 Å². The van der Waals surface area contributed by atoms with Gasteiger partial charge < -0.3 is 5.32 Å². The van der Waals surface area contributed by atoms with E-state index in [9.17, 15) is 17.6 Å². The molecule has 0 aliphatic rings. The van der Waals surface area contributed by atoms with Crippen molar-refractivity contribution in [1.29, 1.82) is 0 Å². The summed E-state index contributed by atoms with van der Waals surface area (Å²) in [4.78, 5) is 12.1. The van der Waals surface area contributed by atoms with Crippen LogP contribution < -0.4 is 9.62 Å². The van der Waals surface area contributed by atoms with E-state index in [1.807, 2.05) is 24.6 Å². The first-order valence-corrected chi connectivity index (χ1v) is 10.0. The highest BCUT2D eigenvalue weighted by molar-refractivity contribution is 7.92. The monoisotopic (exact) mass is 382 g/mol. The number of carbonyl (C=O) groups is 1. The predicted molar refractivity (Wildman–Crippen MR) is 97.9 cm³/mol. The van der Waals surface area contributed by atoms with E-state index in [0.717, 1.165) is 28.0 Å². The number of carbonyl (C=O) groups excluding carboxylic acids is 1. The molecule has 0 spiro atoms. The average Bonchev–Trinajstić information content (AvgIpc) is 2.86. The number of aromatic nitrogens is 2. The van der Waals surface area contributed by atoms with E-state index >= 15 is 0 Å². The van der Waals surface area contributed by atoms with Crippen molar-refractivity contribution in [2.75, 3.05) is 23.7 Å². The Kier molecular flexibility index (Phi) is 6.36. The first-order valence-electron chi connectivity index (χ1n) is 8.18. The summed E-state index contributed by atoms with van der Waals surface area (Å²) in [5, 5.41) is 7.02.